The van der Waals surface area contributed by atoms with Crippen LogP contribution in [0.3, 0.4) is 0 Å². The Morgan fingerprint density at radius 1 is 1.14 bits per heavy atom. The van der Waals surface area contributed by atoms with Gasteiger partial charge in [0.25, 0.3) is 0 Å². The fourth-order valence-corrected chi connectivity index (χ4v) is 2.40. The molecule has 0 saturated carbocycles. The first-order valence-electron chi connectivity index (χ1n) is 6.11. The van der Waals surface area contributed by atoms with Crippen LogP contribution in [0.25, 0.3) is 0 Å². The first-order chi connectivity index (χ1) is 10.1. The van der Waals surface area contributed by atoms with E-state index in [1.54, 1.807) is 18.2 Å². The van der Waals surface area contributed by atoms with Crippen LogP contribution >= 0.6 is 11.8 Å². The Hall–Kier alpha value is -2.08. The van der Waals surface area contributed by atoms with E-state index in [-0.39, 0.29) is 17.9 Å². The van der Waals surface area contributed by atoms with Gasteiger partial charge in [0, 0.05) is 10.6 Å². The van der Waals surface area contributed by atoms with Gasteiger partial charge in [-0.15, -0.1) is 11.8 Å². The normalized spacial score (nSPS) is 10.4. The van der Waals surface area contributed by atoms with Crippen molar-refractivity contribution in [2.45, 2.75) is 4.90 Å². The largest absolute Gasteiger partial charge is 0.492 e. The predicted octanol–water partition coefficient (Wildman–Crippen LogP) is 3.83. The molecule has 6 heteroatoms. The molecule has 2 rings (SSSR count). The van der Waals surface area contributed by atoms with E-state index in [1.165, 1.54) is 23.9 Å². The van der Waals surface area contributed by atoms with Crippen LogP contribution in [0.4, 0.5) is 8.78 Å². The van der Waals surface area contributed by atoms with Crippen LogP contribution in [-0.2, 0) is 0 Å². The molecular formula is C15H12F2O3S. The maximum atomic E-state index is 13.0. The minimum atomic E-state index is -1.06. The molecule has 1 N–H and O–H groups in total. The van der Waals surface area contributed by atoms with Crippen molar-refractivity contribution in [2.24, 2.45) is 0 Å². The first-order valence-corrected chi connectivity index (χ1v) is 7.09. The lowest BCUT2D eigenvalue weighted by atomic mass is 10.2. The molecule has 0 atom stereocenters. The van der Waals surface area contributed by atoms with Gasteiger partial charge in [0.1, 0.15) is 11.3 Å². The number of thioether (sulfide) groups is 1. The average Bonchev–Trinajstić information content (AvgIpc) is 2.47. The molecule has 0 aliphatic carbocycles. The number of benzene rings is 2. The molecule has 3 nitrogen and oxygen atoms in total. The molecule has 0 aliphatic heterocycles. The van der Waals surface area contributed by atoms with E-state index in [2.05, 4.69) is 0 Å². The third-order valence-electron chi connectivity index (χ3n) is 2.62. The van der Waals surface area contributed by atoms with Gasteiger partial charge in [0.2, 0.25) is 0 Å². The smallest absolute Gasteiger partial charge is 0.339 e. The lowest BCUT2D eigenvalue weighted by Crippen LogP contribution is -2.05. The fourth-order valence-electron chi connectivity index (χ4n) is 1.65. The zero-order valence-electron chi connectivity index (χ0n) is 10.9. The van der Waals surface area contributed by atoms with Crippen LogP contribution in [0.2, 0.25) is 0 Å². The maximum Gasteiger partial charge on any atom is 0.339 e. The first kappa shape index (κ1) is 15.3. The molecule has 0 amide bonds. The Morgan fingerprint density at radius 3 is 2.62 bits per heavy atom. The predicted molar refractivity (Wildman–Crippen MR) is 76.0 cm³/mol. The SMILES string of the molecule is O=C(O)c1ccccc1OCCSc1ccc(F)c(F)c1. The van der Waals surface area contributed by atoms with E-state index in [0.717, 1.165) is 12.1 Å². The Kier molecular flexibility index (Phi) is 5.16. The van der Waals surface area contributed by atoms with Crippen molar-refractivity contribution in [1.29, 1.82) is 0 Å². The van der Waals surface area contributed by atoms with Crippen molar-refractivity contribution in [3.05, 3.63) is 59.7 Å². The minimum Gasteiger partial charge on any atom is -0.492 e. The topological polar surface area (TPSA) is 46.5 Å². The van der Waals surface area contributed by atoms with E-state index in [1.807, 2.05) is 0 Å². The van der Waals surface area contributed by atoms with Gasteiger partial charge >= 0.3 is 5.97 Å². The number of carboxylic acid groups (broad SMARTS) is 1. The summed E-state index contributed by atoms with van der Waals surface area (Å²) in [7, 11) is 0. The lowest BCUT2D eigenvalue weighted by Gasteiger charge is -2.08. The number of hydrogen-bond acceptors (Lipinski definition) is 3. The average molecular weight is 310 g/mol. The molecule has 0 radical (unpaired) electrons. The lowest BCUT2D eigenvalue weighted by molar-refractivity contribution is 0.0692. The molecule has 0 unspecified atom stereocenters. The summed E-state index contributed by atoms with van der Waals surface area (Å²) < 4.78 is 31.2. The van der Waals surface area contributed by atoms with Crippen LogP contribution in [0.5, 0.6) is 5.75 Å². The zero-order chi connectivity index (χ0) is 15.2. The number of hydrogen-bond donors (Lipinski definition) is 1. The molecule has 0 aromatic heterocycles. The highest BCUT2D eigenvalue weighted by Crippen LogP contribution is 2.22. The third-order valence-corrected chi connectivity index (χ3v) is 3.58. The second-order valence-corrected chi connectivity index (χ2v) is 5.24. The van der Waals surface area contributed by atoms with Crippen molar-refractivity contribution in [1.82, 2.24) is 0 Å². The van der Waals surface area contributed by atoms with Crippen molar-refractivity contribution >= 4 is 17.7 Å². The molecule has 0 heterocycles. The summed E-state index contributed by atoms with van der Waals surface area (Å²) in [6.45, 7) is 0.258. The van der Waals surface area contributed by atoms with Crippen LogP contribution in [0.15, 0.2) is 47.4 Å². The van der Waals surface area contributed by atoms with Gasteiger partial charge in [0.15, 0.2) is 11.6 Å². The highest BCUT2D eigenvalue weighted by Gasteiger charge is 2.10. The molecule has 2 aromatic carbocycles. The Balaban J connectivity index is 1.87. The highest BCUT2D eigenvalue weighted by molar-refractivity contribution is 7.99. The van der Waals surface area contributed by atoms with Gasteiger partial charge in [0.05, 0.1) is 6.61 Å². The fraction of sp³-hybridized carbons (Fsp3) is 0.133. The summed E-state index contributed by atoms with van der Waals surface area (Å²) in [5, 5.41) is 8.99. The summed E-state index contributed by atoms with van der Waals surface area (Å²) in [5.74, 6) is -2.06. The summed E-state index contributed by atoms with van der Waals surface area (Å²) in [5.41, 5.74) is 0.0929. The van der Waals surface area contributed by atoms with Gasteiger partial charge < -0.3 is 9.84 Å². The Bertz CT molecular complexity index is 647. The van der Waals surface area contributed by atoms with E-state index >= 15 is 0 Å². The Morgan fingerprint density at radius 2 is 1.90 bits per heavy atom. The summed E-state index contributed by atoms with van der Waals surface area (Å²) in [6, 6.07) is 10.0. The van der Waals surface area contributed by atoms with Gasteiger partial charge in [-0.05, 0) is 30.3 Å². The summed E-state index contributed by atoms with van der Waals surface area (Å²) >= 11 is 1.30. The zero-order valence-corrected chi connectivity index (χ0v) is 11.7. The maximum absolute atomic E-state index is 13.0. The number of rotatable bonds is 6. The second kappa shape index (κ2) is 7.08. The quantitative estimate of drug-likeness (QED) is 0.650. The van der Waals surface area contributed by atoms with E-state index in [0.29, 0.717) is 10.6 Å². The number of carboxylic acids is 1. The van der Waals surface area contributed by atoms with Gasteiger partial charge in [-0.3, -0.25) is 0 Å². The van der Waals surface area contributed by atoms with Crippen molar-refractivity contribution in [2.75, 3.05) is 12.4 Å². The van der Waals surface area contributed by atoms with E-state index < -0.39 is 17.6 Å². The number of carbonyl (C=O) groups is 1. The summed E-state index contributed by atoms with van der Waals surface area (Å²) in [6.07, 6.45) is 0. The monoisotopic (exact) mass is 310 g/mol. The van der Waals surface area contributed by atoms with Gasteiger partial charge in [-0.1, -0.05) is 12.1 Å². The number of ether oxygens (including phenoxy) is 1. The van der Waals surface area contributed by atoms with Crippen LogP contribution < -0.4 is 4.74 Å². The number of para-hydroxylation sites is 1. The molecule has 0 saturated heterocycles. The van der Waals surface area contributed by atoms with Crippen molar-refractivity contribution in [3.63, 3.8) is 0 Å². The molecule has 2 aromatic rings. The van der Waals surface area contributed by atoms with Crippen LogP contribution in [0, 0.1) is 11.6 Å². The number of halogens is 2. The third kappa shape index (κ3) is 4.19. The molecule has 0 spiro atoms. The van der Waals surface area contributed by atoms with E-state index in [4.69, 9.17) is 9.84 Å². The molecular weight excluding hydrogens is 298 g/mol. The molecule has 21 heavy (non-hydrogen) atoms. The van der Waals surface area contributed by atoms with Crippen molar-refractivity contribution < 1.29 is 23.4 Å². The van der Waals surface area contributed by atoms with Gasteiger partial charge in [-0.25, -0.2) is 13.6 Å². The second-order valence-electron chi connectivity index (χ2n) is 4.07. The summed E-state index contributed by atoms with van der Waals surface area (Å²) in [4.78, 5) is 11.6. The van der Waals surface area contributed by atoms with Crippen LogP contribution in [-0.4, -0.2) is 23.4 Å². The van der Waals surface area contributed by atoms with E-state index in [9.17, 15) is 13.6 Å². The standard InChI is InChI=1S/C15H12F2O3S/c16-12-6-5-10(9-13(12)17)21-8-7-20-14-4-2-1-3-11(14)15(18)19/h1-6,9H,7-8H2,(H,18,19). The minimum absolute atomic E-state index is 0.0929. The van der Waals surface area contributed by atoms with Gasteiger partial charge in [-0.2, -0.15) is 0 Å². The highest BCUT2D eigenvalue weighted by atomic mass is 32.2. The van der Waals surface area contributed by atoms with Crippen LogP contribution in [0.1, 0.15) is 10.4 Å². The van der Waals surface area contributed by atoms with Crippen molar-refractivity contribution in [3.8, 4) is 5.75 Å². The number of aromatic carboxylic acids is 1. The molecule has 0 aliphatic rings. The molecule has 0 fully saturated rings. The molecule has 110 valence electrons. The molecule has 0 bridgehead atoms. The Labute approximate surface area is 124 Å².